The monoisotopic (exact) mass is 402 g/mol. The first-order valence-corrected chi connectivity index (χ1v) is 9.69. The zero-order valence-electron chi connectivity index (χ0n) is 16.8. The van der Waals surface area contributed by atoms with E-state index in [0.29, 0.717) is 18.0 Å². The van der Waals surface area contributed by atoms with Crippen LogP contribution in [-0.2, 0) is 11.3 Å². The van der Waals surface area contributed by atoms with E-state index in [-0.39, 0.29) is 30.1 Å². The van der Waals surface area contributed by atoms with Crippen LogP contribution in [0.25, 0.3) is 0 Å². The number of nitrogens with zero attached hydrogens (tertiary/aromatic N) is 1. The number of piperidine rings is 1. The number of nitrogens with one attached hydrogen (secondary N) is 1. The Morgan fingerprint density at radius 3 is 2.41 bits per heavy atom. The number of benzene rings is 2. The maximum atomic E-state index is 13.8. The van der Waals surface area contributed by atoms with Gasteiger partial charge in [0.25, 0.3) is 5.91 Å². The molecule has 0 bridgehead atoms. The molecule has 1 heterocycles. The summed E-state index contributed by atoms with van der Waals surface area (Å²) in [5.74, 6) is 0.912. The molecular weight excluding hydrogens is 375 g/mol. The molecule has 2 aromatic carbocycles. The van der Waals surface area contributed by atoms with Crippen molar-refractivity contribution in [3.05, 3.63) is 53.8 Å². The molecule has 1 aliphatic heterocycles. The molecule has 0 aromatic heterocycles. The van der Waals surface area contributed by atoms with Gasteiger partial charge in [-0.2, -0.15) is 0 Å². The lowest BCUT2D eigenvalue weighted by molar-refractivity contribution is -0.124. The van der Waals surface area contributed by atoms with Crippen LogP contribution in [0.15, 0.2) is 42.5 Å². The lowest BCUT2D eigenvalue weighted by atomic mass is 10.0. The van der Waals surface area contributed by atoms with Crippen molar-refractivity contribution in [2.24, 2.45) is 0 Å². The average Bonchev–Trinajstić information content (AvgIpc) is 2.74. The number of halogens is 1. The second kappa shape index (κ2) is 10.1. The van der Waals surface area contributed by atoms with Gasteiger partial charge in [-0.1, -0.05) is 18.2 Å². The van der Waals surface area contributed by atoms with Crippen molar-refractivity contribution in [3.63, 3.8) is 0 Å². The molecule has 2 aromatic rings. The van der Waals surface area contributed by atoms with Crippen LogP contribution in [0.4, 0.5) is 4.39 Å². The Morgan fingerprint density at radius 2 is 1.76 bits per heavy atom. The van der Waals surface area contributed by atoms with Gasteiger partial charge in [0, 0.05) is 25.7 Å². The number of carbonyl (C=O) groups is 1. The van der Waals surface area contributed by atoms with Crippen molar-refractivity contribution >= 4 is 5.91 Å². The first kappa shape index (κ1) is 20.9. The minimum Gasteiger partial charge on any atom is -0.494 e. The maximum Gasteiger partial charge on any atom is 0.258 e. The summed E-state index contributed by atoms with van der Waals surface area (Å²) in [4.78, 5) is 14.5. The molecule has 0 atom stereocenters. The van der Waals surface area contributed by atoms with Gasteiger partial charge in [0.15, 0.2) is 29.7 Å². The van der Waals surface area contributed by atoms with Gasteiger partial charge >= 0.3 is 0 Å². The molecule has 29 heavy (non-hydrogen) atoms. The van der Waals surface area contributed by atoms with Crippen LogP contribution in [0.1, 0.15) is 18.4 Å². The Labute approximate surface area is 170 Å². The van der Waals surface area contributed by atoms with Crippen molar-refractivity contribution in [3.8, 4) is 17.2 Å². The van der Waals surface area contributed by atoms with E-state index in [1.165, 1.54) is 13.2 Å². The standard InChI is InChI=1S/C22H27FN2O4/c1-27-19-8-7-16(13-18(19)23)14-25-11-9-17(10-12-25)24-22(26)15-29-21-6-4-3-5-20(21)28-2/h3-8,13,17H,9-12,14-15H2,1-2H3,(H,24,26). The first-order chi connectivity index (χ1) is 14.1. The Kier molecular flexibility index (Phi) is 7.30. The molecule has 0 aliphatic carbocycles. The Hall–Kier alpha value is -2.80. The van der Waals surface area contributed by atoms with Crippen LogP contribution >= 0.6 is 0 Å². The predicted octanol–water partition coefficient (Wildman–Crippen LogP) is 3.00. The van der Waals surface area contributed by atoms with Crippen LogP contribution in [0.5, 0.6) is 17.2 Å². The van der Waals surface area contributed by atoms with Crippen LogP contribution in [0, 0.1) is 5.82 Å². The summed E-state index contributed by atoms with van der Waals surface area (Å²) >= 11 is 0. The molecule has 1 amide bonds. The Morgan fingerprint density at radius 1 is 1.07 bits per heavy atom. The van der Waals surface area contributed by atoms with Crippen LogP contribution in [-0.4, -0.2) is 50.8 Å². The fourth-order valence-electron chi connectivity index (χ4n) is 3.45. The van der Waals surface area contributed by atoms with E-state index in [9.17, 15) is 9.18 Å². The molecule has 7 heteroatoms. The number of hydrogen-bond acceptors (Lipinski definition) is 5. The zero-order chi connectivity index (χ0) is 20.6. The number of likely N-dealkylation sites (tertiary alicyclic amines) is 1. The molecule has 156 valence electrons. The topological polar surface area (TPSA) is 60.0 Å². The second-order valence-electron chi connectivity index (χ2n) is 7.03. The number of ether oxygens (including phenoxy) is 3. The van der Waals surface area contributed by atoms with Crippen molar-refractivity contribution in [2.45, 2.75) is 25.4 Å². The zero-order valence-corrected chi connectivity index (χ0v) is 16.8. The highest BCUT2D eigenvalue weighted by Crippen LogP contribution is 2.25. The molecule has 0 unspecified atom stereocenters. The van der Waals surface area contributed by atoms with E-state index in [4.69, 9.17) is 14.2 Å². The summed E-state index contributed by atoms with van der Waals surface area (Å²) in [6.45, 7) is 2.31. The fraction of sp³-hybridized carbons (Fsp3) is 0.409. The van der Waals surface area contributed by atoms with E-state index < -0.39 is 0 Å². The number of hydrogen-bond donors (Lipinski definition) is 1. The quantitative estimate of drug-likeness (QED) is 0.736. The Balaban J connectivity index is 1.41. The van der Waals surface area contributed by atoms with Gasteiger partial charge in [0.05, 0.1) is 14.2 Å². The van der Waals surface area contributed by atoms with Gasteiger partial charge in [-0.25, -0.2) is 4.39 Å². The van der Waals surface area contributed by atoms with E-state index >= 15 is 0 Å². The number of para-hydroxylation sites is 2. The molecule has 1 fully saturated rings. The third-order valence-electron chi connectivity index (χ3n) is 5.00. The number of carbonyl (C=O) groups excluding carboxylic acids is 1. The van der Waals surface area contributed by atoms with Crippen LogP contribution in [0.3, 0.4) is 0 Å². The lowest BCUT2D eigenvalue weighted by Crippen LogP contribution is -2.45. The van der Waals surface area contributed by atoms with Gasteiger partial charge in [-0.05, 0) is 42.7 Å². The highest BCUT2D eigenvalue weighted by Gasteiger charge is 2.21. The molecule has 0 radical (unpaired) electrons. The molecule has 1 N–H and O–H groups in total. The largest absolute Gasteiger partial charge is 0.494 e. The van der Waals surface area contributed by atoms with Crippen LogP contribution in [0.2, 0.25) is 0 Å². The summed E-state index contributed by atoms with van der Waals surface area (Å²) in [7, 11) is 3.02. The molecule has 6 nitrogen and oxygen atoms in total. The number of rotatable bonds is 8. The minimum atomic E-state index is -0.345. The Bertz CT molecular complexity index is 822. The van der Waals surface area contributed by atoms with Gasteiger partial charge < -0.3 is 19.5 Å². The molecule has 1 aliphatic rings. The van der Waals surface area contributed by atoms with E-state index in [1.54, 1.807) is 25.3 Å². The highest BCUT2D eigenvalue weighted by atomic mass is 19.1. The molecule has 1 saturated heterocycles. The van der Waals surface area contributed by atoms with Gasteiger partial charge in [0.2, 0.25) is 0 Å². The number of amides is 1. The molecular formula is C22H27FN2O4. The smallest absolute Gasteiger partial charge is 0.258 e. The van der Waals surface area contributed by atoms with Crippen molar-refractivity contribution < 1.29 is 23.4 Å². The van der Waals surface area contributed by atoms with Gasteiger partial charge in [0.1, 0.15) is 0 Å². The van der Waals surface area contributed by atoms with Gasteiger partial charge in [-0.3, -0.25) is 9.69 Å². The fourth-order valence-corrected chi connectivity index (χ4v) is 3.45. The second-order valence-corrected chi connectivity index (χ2v) is 7.03. The normalized spacial score (nSPS) is 15.0. The highest BCUT2D eigenvalue weighted by molar-refractivity contribution is 5.78. The third-order valence-corrected chi connectivity index (χ3v) is 5.00. The SMILES string of the molecule is COc1ccc(CN2CCC(NC(=O)COc3ccccc3OC)CC2)cc1F. The summed E-state index contributed by atoms with van der Waals surface area (Å²) in [5.41, 5.74) is 0.913. The molecule has 0 spiro atoms. The summed E-state index contributed by atoms with van der Waals surface area (Å²) in [5, 5.41) is 3.03. The average molecular weight is 402 g/mol. The number of methoxy groups -OCH3 is 2. The molecule has 3 rings (SSSR count). The maximum absolute atomic E-state index is 13.8. The third kappa shape index (κ3) is 5.84. The summed E-state index contributed by atoms with van der Waals surface area (Å²) < 4.78 is 29.6. The van der Waals surface area contributed by atoms with Gasteiger partial charge in [-0.15, -0.1) is 0 Å². The first-order valence-electron chi connectivity index (χ1n) is 9.69. The van der Waals surface area contributed by atoms with Crippen molar-refractivity contribution in [1.82, 2.24) is 10.2 Å². The van der Waals surface area contributed by atoms with E-state index in [2.05, 4.69) is 10.2 Å². The van der Waals surface area contributed by atoms with Crippen LogP contribution < -0.4 is 19.5 Å². The van der Waals surface area contributed by atoms with Crippen molar-refractivity contribution in [1.29, 1.82) is 0 Å². The van der Waals surface area contributed by atoms with E-state index in [1.807, 2.05) is 18.2 Å². The summed E-state index contributed by atoms with van der Waals surface area (Å²) in [6, 6.07) is 12.4. The summed E-state index contributed by atoms with van der Waals surface area (Å²) in [6.07, 6.45) is 1.69. The molecule has 0 saturated carbocycles. The van der Waals surface area contributed by atoms with Crippen molar-refractivity contribution in [2.75, 3.05) is 33.9 Å². The van der Waals surface area contributed by atoms with E-state index in [0.717, 1.165) is 31.5 Å². The minimum absolute atomic E-state index is 0.0499. The predicted molar refractivity (Wildman–Crippen MR) is 108 cm³/mol. The lowest BCUT2D eigenvalue weighted by Gasteiger charge is -2.32.